The molecule has 0 aliphatic carbocycles. The van der Waals surface area contributed by atoms with Gasteiger partial charge in [-0.25, -0.2) is 0 Å². The highest BCUT2D eigenvalue weighted by Crippen LogP contribution is 2.24. The first-order chi connectivity index (χ1) is 11.3. The van der Waals surface area contributed by atoms with Crippen molar-refractivity contribution < 1.29 is 0 Å². The molecule has 1 fully saturated rings. The van der Waals surface area contributed by atoms with Crippen molar-refractivity contribution in [2.24, 2.45) is 5.92 Å². The Hall–Kier alpha value is -2.13. The van der Waals surface area contributed by atoms with E-state index >= 15 is 0 Å². The predicted octanol–water partition coefficient (Wildman–Crippen LogP) is 3.94. The zero-order valence-electron chi connectivity index (χ0n) is 13.6. The molecule has 1 aliphatic rings. The standard InChI is InChI=1S/C20H23N3/c1-15-2-4-16(5-3-15)13-23-9-8-18(14-23)10-17-6-7-20-19(11-17)12-21-22-20/h2-7,11-12,18H,8-10,13-14H2,1H3,(H,21,22)/t18-/m0/s1. The Morgan fingerprint density at radius 2 is 1.96 bits per heavy atom. The van der Waals surface area contributed by atoms with Crippen LogP contribution < -0.4 is 0 Å². The lowest BCUT2D eigenvalue weighted by molar-refractivity contribution is 0.316. The Morgan fingerprint density at radius 1 is 1.13 bits per heavy atom. The van der Waals surface area contributed by atoms with Crippen LogP contribution in [0.2, 0.25) is 0 Å². The molecule has 2 heterocycles. The number of hydrogen-bond acceptors (Lipinski definition) is 2. The van der Waals surface area contributed by atoms with Crippen LogP contribution in [-0.4, -0.2) is 28.2 Å². The minimum Gasteiger partial charge on any atom is -0.299 e. The number of benzene rings is 2. The Labute approximate surface area is 137 Å². The van der Waals surface area contributed by atoms with E-state index in [4.69, 9.17) is 0 Å². The van der Waals surface area contributed by atoms with E-state index in [9.17, 15) is 0 Å². The molecule has 3 heteroatoms. The van der Waals surface area contributed by atoms with Crippen molar-refractivity contribution in [2.45, 2.75) is 26.3 Å². The van der Waals surface area contributed by atoms with Gasteiger partial charge in [0.05, 0.1) is 11.7 Å². The summed E-state index contributed by atoms with van der Waals surface area (Å²) in [6.45, 7) is 5.65. The molecule has 3 nitrogen and oxygen atoms in total. The third kappa shape index (κ3) is 3.30. The van der Waals surface area contributed by atoms with Gasteiger partial charge in [0.2, 0.25) is 0 Å². The van der Waals surface area contributed by atoms with Gasteiger partial charge in [-0.05, 0) is 55.5 Å². The van der Waals surface area contributed by atoms with Crippen LogP contribution >= 0.6 is 0 Å². The summed E-state index contributed by atoms with van der Waals surface area (Å²) in [5.41, 5.74) is 5.32. The van der Waals surface area contributed by atoms with Gasteiger partial charge in [-0.15, -0.1) is 0 Å². The monoisotopic (exact) mass is 305 g/mol. The lowest BCUT2D eigenvalue weighted by Gasteiger charge is -2.16. The summed E-state index contributed by atoms with van der Waals surface area (Å²) in [6, 6.07) is 15.6. The molecule has 3 aromatic rings. The molecule has 0 radical (unpaired) electrons. The fourth-order valence-corrected chi connectivity index (χ4v) is 3.63. The smallest absolute Gasteiger partial charge is 0.0650 e. The highest BCUT2D eigenvalue weighted by atomic mass is 15.1. The molecule has 0 unspecified atom stereocenters. The van der Waals surface area contributed by atoms with Gasteiger partial charge in [0.15, 0.2) is 0 Å². The van der Waals surface area contributed by atoms with Crippen LogP contribution in [0, 0.1) is 12.8 Å². The number of hydrogen-bond donors (Lipinski definition) is 1. The third-order valence-electron chi connectivity index (χ3n) is 4.93. The van der Waals surface area contributed by atoms with Gasteiger partial charge in [-0.1, -0.05) is 35.9 Å². The molecule has 4 rings (SSSR count). The topological polar surface area (TPSA) is 31.9 Å². The van der Waals surface area contributed by atoms with E-state index < -0.39 is 0 Å². The normalized spacial score (nSPS) is 18.7. The van der Waals surface area contributed by atoms with Gasteiger partial charge in [0.25, 0.3) is 0 Å². The maximum absolute atomic E-state index is 4.11. The van der Waals surface area contributed by atoms with Crippen molar-refractivity contribution in [3.05, 3.63) is 65.4 Å². The van der Waals surface area contributed by atoms with Crippen molar-refractivity contribution in [3.63, 3.8) is 0 Å². The van der Waals surface area contributed by atoms with Crippen LogP contribution in [0.15, 0.2) is 48.7 Å². The average molecular weight is 305 g/mol. The van der Waals surface area contributed by atoms with Gasteiger partial charge in [-0.3, -0.25) is 10.00 Å². The first-order valence-electron chi connectivity index (χ1n) is 8.46. The molecule has 1 aromatic heterocycles. The van der Waals surface area contributed by atoms with E-state index in [1.807, 2.05) is 6.20 Å². The Balaban J connectivity index is 1.37. The second-order valence-corrected chi connectivity index (χ2v) is 6.87. The second-order valence-electron chi connectivity index (χ2n) is 6.87. The van der Waals surface area contributed by atoms with Gasteiger partial charge in [0.1, 0.15) is 0 Å². The molecule has 1 aliphatic heterocycles. The molecule has 1 atom stereocenters. The maximum Gasteiger partial charge on any atom is 0.0650 e. The lowest BCUT2D eigenvalue weighted by atomic mass is 9.98. The van der Waals surface area contributed by atoms with Crippen molar-refractivity contribution in [3.8, 4) is 0 Å². The van der Waals surface area contributed by atoms with Crippen molar-refractivity contribution >= 4 is 10.9 Å². The number of H-pyrrole nitrogens is 1. The summed E-state index contributed by atoms with van der Waals surface area (Å²) in [5.74, 6) is 0.768. The fourth-order valence-electron chi connectivity index (χ4n) is 3.63. The maximum atomic E-state index is 4.11. The molecular formula is C20H23N3. The van der Waals surface area contributed by atoms with E-state index in [0.717, 1.165) is 18.0 Å². The van der Waals surface area contributed by atoms with Gasteiger partial charge >= 0.3 is 0 Å². The van der Waals surface area contributed by atoms with Crippen LogP contribution in [0.3, 0.4) is 0 Å². The molecular weight excluding hydrogens is 282 g/mol. The van der Waals surface area contributed by atoms with E-state index in [1.54, 1.807) is 0 Å². The summed E-state index contributed by atoms with van der Waals surface area (Å²) in [7, 11) is 0. The van der Waals surface area contributed by atoms with Crippen LogP contribution in [-0.2, 0) is 13.0 Å². The number of aromatic nitrogens is 2. The summed E-state index contributed by atoms with van der Waals surface area (Å²) >= 11 is 0. The number of likely N-dealkylation sites (tertiary alicyclic amines) is 1. The number of nitrogens with one attached hydrogen (secondary N) is 1. The van der Waals surface area contributed by atoms with Crippen LogP contribution in [0.1, 0.15) is 23.1 Å². The van der Waals surface area contributed by atoms with Crippen molar-refractivity contribution in [1.82, 2.24) is 15.1 Å². The molecule has 2 aromatic carbocycles. The summed E-state index contributed by atoms with van der Waals surface area (Å²) < 4.78 is 0. The zero-order valence-corrected chi connectivity index (χ0v) is 13.6. The SMILES string of the molecule is Cc1ccc(CN2CC[C@@H](Cc3ccc4[nH]ncc4c3)C2)cc1. The number of aryl methyl sites for hydroxylation is 1. The Morgan fingerprint density at radius 3 is 2.83 bits per heavy atom. The van der Waals surface area contributed by atoms with Gasteiger partial charge in [0, 0.05) is 18.5 Å². The Bertz CT molecular complexity index is 788. The molecule has 0 spiro atoms. The van der Waals surface area contributed by atoms with Crippen molar-refractivity contribution in [2.75, 3.05) is 13.1 Å². The highest BCUT2D eigenvalue weighted by molar-refractivity contribution is 5.78. The van der Waals surface area contributed by atoms with Crippen molar-refractivity contribution in [1.29, 1.82) is 0 Å². The molecule has 0 bridgehead atoms. The molecule has 0 amide bonds. The molecule has 0 saturated carbocycles. The predicted molar refractivity (Wildman–Crippen MR) is 94.4 cm³/mol. The summed E-state index contributed by atoms with van der Waals surface area (Å²) in [5, 5.41) is 8.35. The minimum atomic E-state index is 0.768. The average Bonchev–Trinajstić information content (AvgIpc) is 3.18. The first kappa shape index (κ1) is 14.5. The highest BCUT2D eigenvalue weighted by Gasteiger charge is 2.22. The van der Waals surface area contributed by atoms with Gasteiger partial charge < -0.3 is 0 Å². The molecule has 1 saturated heterocycles. The fraction of sp³-hybridized carbons (Fsp3) is 0.350. The zero-order chi connectivity index (χ0) is 15.6. The van der Waals surface area contributed by atoms with Crippen LogP contribution in [0.25, 0.3) is 10.9 Å². The minimum absolute atomic E-state index is 0.768. The van der Waals surface area contributed by atoms with E-state index in [-0.39, 0.29) is 0 Å². The summed E-state index contributed by atoms with van der Waals surface area (Å²) in [4.78, 5) is 2.59. The molecule has 1 N–H and O–H groups in total. The number of fused-ring (bicyclic) bond motifs is 1. The number of aromatic amines is 1. The molecule has 118 valence electrons. The first-order valence-corrected chi connectivity index (χ1v) is 8.46. The van der Waals surface area contributed by atoms with Crippen LogP contribution in [0.4, 0.5) is 0 Å². The summed E-state index contributed by atoms with van der Waals surface area (Å²) in [6.07, 6.45) is 4.39. The van der Waals surface area contributed by atoms with E-state index in [1.165, 1.54) is 48.0 Å². The van der Waals surface area contributed by atoms with Gasteiger partial charge in [-0.2, -0.15) is 5.10 Å². The van der Waals surface area contributed by atoms with Crippen LogP contribution in [0.5, 0.6) is 0 Å². The number of rotatable bonds is 4. The Kier molecular flexibility index (Phi) is 3.88. The third-order valence-corrected chi connectivity index (χ3v) is 4.93. The lowest BCUT2D eigenvalue weighted by Crippen LogP contribution is -2.20. The van der Waals surface area contributed by atoms with E-state index in [0.29, 0.717) is 0 Å². The van der Waals surface area contributed by atoms with E-state index in [2.05, 4.69) is 64.5 Å². The molecule has 23 heavy (non-hydrogen) atoms. The second kappa shape index (κ2) is 6.17. The number of nitrogens with zero attached hydrogens (tertiary/aromatic N) is 2. The largest absolute Gasteiger partial charge is 0.299 e. The quantitative estimate of drug-likeness (QED) is 0.792.